The molecule has 0 saturated heterocycles. The van der Waals surface area contributed by atoms with Crippen molar-refractivity contribution in [1.82, 2.24) is 0 Å². The van der Waals surface area contributed by atoms with Crippen LogP contribution in [-0.2, 0) is 21.4 Å². The summed E-state index contributed by atoms with van der Waals surface area (Å²) in [5.41, 5.74) is 0.0372. The van der Waals surface area contributed by atoms with Gasteiger partial charge in [-0.15, -0.1) is 0 Å². The first-order chi connectivity index (χ1) is 18.6. The minimum Gasteiger partial charge on any atom is -0.493 e. The summed E-state index contributed by atoms with van der Waals surface area (Å²) in [6.45, 7) is 3.05. The molecule has 0 spiro atoms. The van der Waals surface area contributed by atoms with Crippen LogP contribution in [0.1, 0.15) is 44.2 Å². The van der Waals surface area contributed by atoms with Crippen LogP contribution in [0.15, 0.2) is 30.3 Å². The van der Waals surface area contributed by atoms with Crippen molar-refractivity contribution in [3.05, 3.63) is 51.6 Å². The van der Waals surface area contributed by atoms with E-state index in [2.05, 4.69) is 6.07 Å². The minimum absolute atomic E-state index is 0.0311. The lowest BCUT2D eigenvalue weighted by Crippen LogP contribution is -2.40. The van der Waals surface area contributed by atoms with Gasteiger partial charge in [-0.25, -0.2) is 0 Å². The second-order valence-electron chi connectivity index (χ2n) is 8.86. The lowest BCUT2D eigenvalue weighted by atomic mass is 9.74. The van der Waals surface area contributed by atoms with E-state index in [0.717, 1.165) is 0 Å². The molecule has 0 aliphatic carbocycles. The van der Waals surface area contributed by atoms with Gasteiger partial charge < -0.3 is 28.4 Å². The first kappa shape index (κ1) is 31.0. The van der Waals surface area contributed by atoms with Crippen LogP contribution >= 0.6 is 0 Å². The van der Waals surface area contributed by atoms with Crippen molar-refractivity contribution in [1.29, 1.82) is 5.26 Å². The van der Waals surface area contributed by atoms with Crippen molar-refractivity contribution >= 4 is 5.97 Å². The molecular weight excluding hydrogens is 508 g/mol. The molecule has 11 nitrogen and oxygen atoms in total. The molecule has 0 bridgehead atoms. The Morgan fingerprint density at radius 3 is 2.08 bits per heavy atom. The normalized spacial score (nSPS) is 13.7. The summed E-state index contributed by atoms with van der Waals surface area (Å²) >= 11 is 0. The molecule has 0 heterocycles. The quantitative estimate of drug-likeness (QED) is 0.179. The maximum Gasteiger partial charge on any atom is 0.303 e. The van der Waals surface area contributed by atoms with Crippen molar-refractivity contribution in [3.63, 3.8) is 0 Å². The van der Waals surface area contributed by atoms with Crippen LogP contribution in [0.4, 0.5) is 0 Å². The number of methoxy groups -OCH3 is 5. The molecule has 2 aromatic carbocycles. The molecule has 2 rings (SSSR count). The topological polar surface area (TPSA) is 139 Å². The molecule has 0 amide bonds. The van der Waals surface area contributed by atoms with Crippen molar-refractivity contribution < 1.29 is 38.1 Å². The van der Waals surface area contributed by atoms with Gasteiger partial charge in [0, 0.05) is 23.8 Å². The van der Waals surface area contributed by atoms with Gasteiger partial charge in [0.1, 0.15) is 0 Å². The number of carbonyl (C=O) groups is 1. The number of benzene rings is 2. The van der Waals surface area contributed by atoms with Gasteiger partial charge in [0.15, 0.2) is 29.1 Å². The van der Waals surface area contributed by atoms with Gasteiger partial charge >= 0.3 is 5.97 Å². The molecule has 11 heteroatoms. The third kappa shape index (κ3) is 7.02. The van der Waals surface area contributed by atoms with Crippen LogP contribution in [0, 0.1) is 21.4 Å². The van der Waals surface area contributed by atoms with Gasteiger partial charge in [-0.05, 0) is 49.1 Å². The van der Waals surface area contributed by atoms with E-state index >= 15 is 0 Å². The summed E-state index contributed by atoms with van der Waals surface area (Å²) < 4.78 is 32.5. The van der Waals surface area contributed by atoms with Crippen LogP contribution in [0.5, 0.6) is 28.7 Å². The number of nitriles is 1. The zero-order valence-electron chi connectivity index (χ0n) is 23.4. The maximum absolute atomic E-state index is 12.2. The van der Waals surface area contributed by atoms with E-state index in [4.69, 9.17) is 28.4 Å². The average Bonchev–Trinajstić information content (AvgIpc) is 2.94. The Bertz CT molecular complexity index is 1190. The second-order valence-corrected chi connectivity index (χ2v) is 8.86. The highest BCUT2D eigenvalue weighted by molar-refractivity contribution is 5.66. The highest BCUT2D eigenvalue weighted by Crippen LogP contribution is 2.47. The zero-order chi connectivity index (χ0) is 29.2. The highest BCUT2D eigenvalue weighted by Gasteiger charge is 2.40. The summed E-state index contributed by atoms with van der Waals surface area (Å²) in [5.74, 6) is 1.36. The van der Waals surface area contributed by atoms with E-state index in [1.54, 1.807) is 30.3 Å². The van der Waals surface area contributed by atoms with Crippen LogP contribution in [0.2, 0.25) is 0 Å². The minimum atomic E-state index is -1.27. The lowest BCUT2D eigenvalue weighted by Gasteiger charge is -2.30. The molecule has 0 fully saturated rings. The number of nitro groups is 1. The van der Waals surface area contributed by atoms with Gasteiger partial charge in [0.2, 0.25) is 5.75 Å². The van der Waals surface area contributed by atoms with Crippen LogP contribution in [0.25, 0.3) is 0 Å². The second kappa shape index (κ2) is 14.1. The molecule has 212 valence electrons. The Balaban J connectivity index is 2.48. The summed E-state index contributed by atoms with van der Waals surface area (Å²) in [4.78, 5) is 23.8. The number of esters is 1. The van der Waals surface area contributed by atoms with Gasteiger partial charge in [-0.3, -0.25) is 14.9 Å². The number of nitrogens with zero attached hydrogens (tertiary/aromatic N) is 2. The van der Waals surface area contributed by atoms with Crippen molar-refractivity contribution in [2.45, 2.75) is 57.1 Å². The van der Waals surface area contributed by atoms with Gasteiger partial charge in [0.25, 0.3) is 6.04 Å². The van der Waals surface area contributed by atoms with E-state index in [1.807, 2.05) is 6.92 Å². The van der Waals surface area contributed by atoms with Crippen LogP contribution in [0.3, 0.4) is 0 Å². The first-order valence-corrected chi connectivity index (χ1v) is 12.4. The molecule has 0 N–H and O–H groups in total. The fourth-order valence-corrected chi connectivity index (χ4v) is 4.70. The summed E-state index contributed by atoms with van der Waals surface area (Å²) in [6, 6.07) is 9.53. The molecule has 0 aliphatic rings. The molecule has 2 aromatic rings. The third-order valence-corrected chi connectivity index (χ3v) is 6.80. The molecule has 3 unspecified atom stereocenters. The summed E-state index contributed by atoms with van der Waals surface area (Å²) in [5, 5.41) is 22.6. The van der Waals surface area contributed by atoms with Gasteiger partial charge in [-0.2, -0.15) is 5.26 Å². The van der Waals surface area contributed by atoms with Gasteiger partial charge in [0.05, 0.1) is 47.0 Å². The van der Waals surface area contributed by atoms with E-state index in [1.165, 1.54) is 42.5 Å². The largest absolute Gasteiger partial charge is 0.493 e. The standard InChI is InChI=1S/C28H36N2O9/c1-8-28(17-29,20-10-12-24(35-4)27(38-7)26(20)37-6)14-13-22(39-18(2)31)21(30(32)33)15-19-9-11-23(34-3)25(16-19)36-5/h9-12,16,21-22H,8,13-15H2,1-7H3. The lowest BCUT2D eigenvalue weighted by molar-refractivity contribution is -0.533. The Morgan fingerprint density at radius 2 is 1.59 bits per heavy atom. The maximum atomic E-state index is 12.2. The highest BCUT2D eigenvalue weighted by atomic mass is 16.6. The third-order valence-electron chi connectivity index (χ3n) is 6.80. The molecule has 0 aliphatic heterocycles. The summed E-state index contributed by atoms with van der Waals surface area (Å²) in [6.07, 6.45) is -0.564. The Morgan fingerprint density at radius 1 is 0.974 bits per heavy atom. The number of hydrogen-bond donors (Lipinski definition) is 0. The number of hydrogen-bond acceptors (Lipinski definition) is 10. The smallest absolute Gasteiger partial charge is 0.303 e. The van der Waals surface area contributed by atoms with E-state index < -0.39 is 28.5 Å². The molecule has 3 atom stereocenters. The number of carbonyl (C=O) groups excluding carboxylic acids is 1. The fourth-order valence-electron chi connectivity index (χ4n) is 4.70. The van der Waals surface area contributed by atoms with E-state index in [0.29, 0.717) is 46.3 Å². The fraction of sp³-hybridized carbons (Fsp3) is 0.500. The molecule has 0 aromatic heterocycles. The molecular formula is C28H36N2O9. The Hall–Kier alpha value is -4.20. The zero-order valence-corrected chi connectivity index (χ0v) is 23.4. The monoisotopic (exact) mass is 544 g/mol. The molecule has 0 radical (unpaired) electrons. The molecule has 0 saturated carbocycles. The van der Waals surface area contributed by atoms with Crippen LogP contribution in [-0.4, -0.2) is 58.6 Å². The first-order valence-electron chi connectivity index (χ1n) is 12.4. The Kier molecular flexibility index (Phi) is 11.2. The average molecular weight is 545 g/mol. The Labute approximate surface area is 228 Å². The van der Waals surface area contributed by atoms with Crippen molar-refractivity contribution in [2.24, 2.45) is 0 Å². The van der Waals surface area contributed by atoms with Crippen molar-refractivity contribution in [3.8, 4) is 34.8 Å². The predicted octanol–water partition coefficient (Wildman–Crippen LogP) is 4.50. The van der Waals surface area contributed by atoms with E-state index in [-0.39, 0.29) is 19.3 Å². The molecule has 39 heavy (non-hydrogen) atoms. The van der Waals surface area contributed by atoms with E-state index in [9.17, 15) is 20.2 Å². The number of rotatable bonds is 15. The van der Waals surface area contributed by atoms with Crippen molar-refractivity contribution in [2.75, 3.05) is 35.5 Å². The predicted molar refractivity (Wildman–Crippen MR) is 143 cm³/mol. The van der Waals surface area contributed by atoms with Crippen LogP contribution < -0.4 is 23.7 Å². The number of ether oxygens (including phenoxy) is 6. The summed E-state index contributed by atoms with van der Waals surface area (Å²) in [7, 11) is 7.40. The van der Waals surface area contributed by atoms with Gasteiger partial charge in [-0.1, -0.05) is 13.0 Å². The SMILES string of the molecule is CCC(C#N)(CCC(OC(C)=O)C(Cc1ccc(OC)c(OC)c1)[N+](=O)[O-])c1ccc(OC)c(OC)c1OC.